The average Bonchev–Trinajstić information content (AvgIpc) is 3.01. The lowest BCUT2D eigenvalue weighted by Crippen LogP contribution is -2.04. The first-order valence-corrected chi connectivity index (χ1v) is 6.66. The molecule has 3 aromatic rings. The van der Waals surface area contributed by atoms with Gasteiger partial charge in [-0.25, -0.2) is 18.4 Å². The number of nitrogens with two attached hydrogens (primary N) is 1. The van der Waals surface area contributed by atoms with Crippen LogP contribution in [-0.2, 0) is 0 Å². The summed E-state index contributed by atoms with van der Waals surface area (Å²) in [6, 6.07) is 7.46. The predicted molar refractivity (Wildman–Crippen MR) is 77.8 cm³/mol. The molecule has 24 heavy (non-hydrogen) atoms. The van der Waals surface area contributed by atoms with E-state index in [0.29, 0.717) is 5.56 Å². The van der Waals surface area contributed by atoms with Crippen LogP contribution >= 0.6 is 0 Å². The Morgan fingerprint density at radius 3 is 2.50 bits per heavy atom. The van der Waals surface area contributed by atoms with E-state index in [9.17, 15) is 17.6 Å². The van der Waals surface area contributed by atoms with E-state index in [2.05, 4.69) is 14.8 Å². The number of anilines is 1. The third-order valence-electron chi connectivity index (χ3n) is 3.15. The second kappa shape index (κ2) is 6.19. The van der Waals surface area contributed by atoms with Gasteiger partial charge in [0.15, 0.2) is 17.4 Å². The minimum Gasteiger partial charge on any atom is -0.432 e. The molecule has 0 aliphatic rings. The highest BCUT2D eigenvalue weighted by Crippen LogP contribution is 2.23. The molecule has 0 atom stereocenters. The fraction of sp³-hybridized carbons (Fsp3) is 0.0667. The molecular weight excluding hydrogens is 328 g/mol. The van der Waals surface area contributed by atoms with Crippen LogP contribution in [0.25, 0.3) is 17.1 Å². The summed E-state index contributed by atoms with van der Waals surface area (Å²) >= 11 is 0. The Labute approximate surface area is 133 Å². The number of nitrogen functional groups attached to an aromatic ring is 1. The molecule has 0 spiro atoms. The molecule has 0 aliphatic heterocycles. The van der Waals surface area contributed by atoms with E-state index in [1.165, 1.54) is 35.3 Å². The van der Waals surface area contributed by atoms with E-state index in [4.69, 9.17) is 5.73 Å². The summed E-state index contributed by atoms with van der Waals surface area (Å²) in [6.45, 7) is -3.12. The van der Waals surface area contributed by atoms with Gasteiger partial charge in [0, 0.05) is 11.6 Å². The van der Waals surface area contributed by atoms with Crippen molar-refractivity contribution in [3.63, 3.8) is 0 Å². The van der Waals surface area contributed by atoms with Crippen molar-refractivity contribution in [3.05, 3.63) is 54.4 Å². The number of hydrogen-bond donors (Lipinski definition) is 1. The molecule has 0 fully saturated rings. The van der Waals surface area contributed by atoms with Crippen LogP contribution in [0, 0.1) is 11.6 Å². The highest BCUT2D eigenvalue weighted by Gasteiger charge is 2.13. The first-order valence-electron chi connectivity index (χ1n) is 6.66. The second-order valence-electron chi connectivity index (χ2n) is 4.74. The number of ether oxygens (including phenoxy) is 1. The van der Waals surface area contributed by atoms with Crippen LogP contribution in [0.3, 0.4) is 0 Å². The minimum atomic E-state index is -3.12. The molecule has 124 valence electrons. The van der Waals surface area contributed by atoms with E-state index >= 15 is 0 Å². The molecule has 2 aromatic carbocycles. The molecule has 3 rings (SSSR count). The number of rotatable bonds is 4. The van der Waals surface area contributed by atoms with Gasteiger partial charge in [-0.3, -0.25) is 0 Å². The monoisotopic (exact) mass is 338 g/mol. The van der Waals surface area contributed by atoms with Crippen LogP contribution in [0.5, 0.6) is 5.75 Å². The molecule has 1 aromatic heterocycles. The summed E-state index contributed by atoms with van der Waals surface area (Å²) in [7, 11) is 0. The molecule has 0 unspecified atom stereocenters. The number of benzene rings is 2. The van der Waals surface area contributed by atoms with Gasteiger partial charge in [-0.15, -0.1) is 5.10 Å². The molecule has 0 bridgehead atoms. The SMILES string of the molecule is Nc1ccc(-c2ncn(-c3ccc(OC(F)F)c(F)c3)n2)cc1F. The summed E-state index contributed by atoms with van der Waals surface area (Å²) in [6.07, 6.45) is 1.28. The van der Waals surface area contributed by atoms with Gasteiger partial charge in [-0.05, 0) is 30.3 Å². The summed E-state index contributed by atoms with van der Waals surface area (Å²) < 4.78 is 56.7. The Hall–Kier alpha value is -3.10. The lowest BCUT2D eigenvalue weighted by Gasteiger charge is -2.07. The van der Waals surface area contributed by atoms with E-state index in [-0.39, 0.29) is 17.2 Å². The summed E-state index contributed by atoms with van der Waals surface area (Å²) in [5.74, 6) is -1.95. The molecule has 0 aliphatic carbocycles. The lowest BCUT2D eigenvalue weighted by atomic mass is 10.2. The van der Waals surface area contributed by atoms with Crippen molar-refractivity contribution in [2.24, 2.45) is 0 Å². The zero-order valence-electron chi connectivity index (χ0n) is 12.0. The van der Waals surface area contributed by atoms with Crippen LogP contribution in [0.4, 0.5) is 23.2 Å². The summed E-state index contributed by atoms with van der Waals surface area (Å²) in [4.78, 5) is 4.00. The van der Waals surface area contributed by atoms with Crippen molar-refractivity contribution in [1.82, 2.24) is 14.8 Å². The maximum Gasteiger partial charge on any atom is 0.387 e. The van der Waals surface area contributed by atoms with Crippen molar-refractivity contribution in [2.75, 3.05) is 5.73 Å². The number of halogens is 4. The topological polar surface area (TPSA) is 66.0 Å². The first kappa shape index (κ1) is 15.8. The van der Waals surface area contributed by atoms with Crippen LogP contribution < -0.4 is 10.5 Å². The molecule has 1 heterocycles. The minimum absolute atomic E-state index is 0.00475. The Balaban J connectivity index is 1.90. The van der Waals surface area contributed by atoms with Gasteiger partial charge in [0.1, 0.15) is 12.1 Å². The van der Waals surface area contributed by atoms with E-state index in [1.807, 2.05) is 0 Å². The lowest BCUT2D eigenvalue weighted by molar-refractivity contribution is -0.0521. The third-order valence-corrected chi connectivity index (χ3v) is 3.15. The fourth-order valence-corrected chi connectivity index (χ4v) is 2.01. The Kier molecular flexibility index (Phi) is 4.07. The normalized spacial score (nSPS) is 11.0. The van der Waals surface area contributed by atoms with Gasteiger partial charge in [0.05, 0.1) is 11.4 Å². The highest BCUT2D eigenvalue weighted by molar-refractivity contribution is 5.59. The van der Waals surface area contributed by atoms with E-state index < -0.39 is 24.0 Å². The maximum atomic E-state index is 13.7. The van der Waals surface area contributed by atoms with E-state index in [0.717, 1.165) is 12.1 Å². The van der Waals surface area contributed by atoms with Gasteiger partial charge in [-0.2, -0.15) is 8.78 Å². The van der Waals surface area contributed by atoms with Crippen LogP contribution in [-0.4, -0.2) is 21.4 Å². The molecule has 2 N–H and O–H groups in total. The van der Waals surface area contributed by atoms with Gasteiger partial charge >= 0.3 is 6.61 Å². The number of hydrogen-bond acceptors (Lipinski definition) is 4. The standard InChI is InChI=1S/C15H10F4N4O/c16-10-5-8(1-3-12(10)20)14-21-7-23(22-14)9-2-4-13(11(17)6-9)24-15(18)19/h1-7,15H,20H2. The van der Waals surface area contributed by atoms with E-state index in [1.54, 1.807) is 0 Å². The Morgan fingerprint density at radius 2 is 1.83 bits per heavy atom. The predicted octanol–water partition coefficient (Wildman–Crippen LogP) is 3.40. The van der Waals surface area contributed by atoms with Crippen LogP contribution in [0.1, 0.15) is 0 Å². The smallest absolute Gasteiger partial charge is 0.387 e. The van der Waals surface area contributed by atoms with Crippen molar-refractivity contribution in [1.29, 1.82) is 0 Å². The molecule has 9 heteroatoms. The maximum absolute atomic E-state index is 13.7. The molecule has 0 saturated heterocycles. The second-order valence-corrected chi connectivity index (χ2v) is 4.74. The van der Waals surface area contributed by atoms with Crippen molar-refractivity contribution >= 4 is 5.69 Å². The largest absolute Gasteiger partial charge is 0.432 e. The van der Waals surface area contributed by atoms with Gasteiger partial charge in [0.2, 0.25) is 0 Å². The number of aromatic nitrogens is 3. The first-order chi connectivity index (χ1) is 11.4. The highest BCUT2D eigenvalue weighted by atomic mass is 19.3. The molecule has 5 nitrogen and oxygen atoms in total. The van der Waals surface area contributed by atoms with Gasteiger partial charge < -0.3 is 10.5 Å². The molecule has 0 amide bonds. The summed E-state index contributed by atoms with van der Waals surface area (Å²) in [5, 5.41) is 4.10. The van der Waals surface area contributed by atoms with Crippen molar-refractivity contribution in [2.45, 2.75) is 6.61 Å². The molecule has 0 saturated carbocycles. The molecular formula is C15H10F4N4O. The van der Waals surface area contributed by atoms with Crippen molar-refractivity contribution < 1.29 is 22.3 Å². The van der Waals surface area contributed by atoms with Crippen molar-refractivity contribution in [3.8, 4) is 22.8 Å². The summed E-state index contributed by atoms with van der Waals surface area (Å²) in [5.41, 5.74) is 6.02. The zero-order chi connectivity index (χ0) is 17.3. The van der Waals surface area contributed by atoms with Crippen LogP contribution in [0.2, 0.25) is 0 Å². The van der Waals surface area contributed by atoms with Gasteiger partial charge in [-0.1, -0.05) is 0 Å². The average molecular weight is 338 g/mol. The quantitative estimate of drug-likeness (QED) is 0.585. The Morgan fingerprint density at radius 1 is 1.04 bits per heavy atom. The third kappa shape index (κ3) is 3.14. The Bertz CT molecular complexity index is 882. The number of alkyl halides is 2. The fourth-order valence-electron chi connectivity index (χ4n) is 2.01. The molecule has 0 radical (unpaired) electrons. The van der Waals surface area contributed by atoms with Crippen LogP contribution in [0.15, 0.2) is 42.7 Å². The van der Waals surface area contributed by atoms with Gasteiger partial charge in [0.25, 0.3) is 0 Å². The number of nitrogens with zero attached hydrogens (tertiary/aromatic N) is 3. The zero-order valence-corrected chi connectivity index (χ0v) is 12.0.